The first kappa shape index (κ1) is 21.6. The molecule has 2 N–H and O–H groups in total. The number of hydrogen-bond acceptors (Lipinski definition) is 3. The third kappa shape index (κ3) is 6.14. The van der Waals surface area contributed by atoms with Gasteiger partial charge >= 0.3 is 0 Å². The van der Waals surface area contributed by atoms with Crippen molar-refractivity contribution < 1.29 is 8.42 Å². The molecule has 0 aliphatic rings. The lowest BCUT2D eigenvalue weighted by atomic mass is 10.4. The van der Waals surface area contributed by atoms with Crippen molar-refractivity contribution in [2.45, 2.75) is 11.4 Å². The van der Waals surface area contributed by atoms with Gasteiger partial charge in [-0.15, -0.1) is 0 Å². The summed E-state index contributed by atoms with van der Waals surface area (Å²) in [6.07, 6.45) is 1.84. The average molecular weight is 432 g/mol. The summed E-state index contributed by atoms with van der Waals surface area (Å²) in [6, 6.07) is 8.03. The van der Waals surface area contributed by atoms with Gasteiger partial charge in [0.1, 0.15) is 0 Å². The van der Waals surface area contributed by atoms with E-state index in [2.05, 4.69) is 15.0 Å². The van der Waals surface area contributed by atoms with Crippen LogP contribution < -0.4 is 10.0 Å². The van der Waals surface area contributed by atoms with Gasteiger partial charge in [0.15, 0.2) is 5.96 Å². The third-order valence-electron chi connectivity index (χ3n) is 3.85. The Morgan fingerprint density at radius 3 is 2.56 bits per heavy atom. The molecular formula is C17H23Cl2N5O2S. The summed E-state index contributed by atoms with van der Waals surface area (Å²) in [4.78, 5) is 6.28. The van der Waals surface area contributed by atoms with Gasteiger partial charge in [0.25, 0.3) is 0 Å². The number of benzene rings is 1. The van der Waals surface area contributed by atoms with Gasteiger partial charge in [-0.05, 0) is 24.3 Å². The van der Waals surface area contributed by atoms with Gasteiger partial charge in [0, 0.05) is 51.1 Å². The predicted molar refractivity (Wildman–Crippen MR) is 110 cm³/mol. The van der Waals surface area contributed by atoms with Crippen molar-refractivity contribution in [2.24, 2.45) is 12.0 Å². The highest BCUT2D eigenvalue weighted by molar-refractivity contribution is 7.89. The minimum Gasteiger partial charge on any atom is -0.355 e. The van der Waals surface area contributed by atoms with Crippen LogP contribution in [0.4, 0.5) is 0 Å². The van der Waals surface area contributed by atoms with Crippen LogP contribution in [0.1, 0.15) is 5.69 Å². The van der Waals surface area contributed by atoms with Crippen molar-refractivity contribution in [3.63, 3.8) is 0 Å². The van der Waals surface area contributed by atoms with Crippen molar-refractivity contribution >= 4 is 39.2 Å². The zero-order valence-electron chi connectivity index (χ0n) is 15.4. The summed E-state index contributed by atoms with van der Waals surface area (Å²) in [5, 5.41) is 4.19. The first-order chi connectivity index (χ1) is 12.7. The van der Waals surface area contributed by atoms with Gasteiger partial charge in [-0.3, -0.25) is 4.99 Å². The van der Waals surface area contributed by atoms with Crippen LogP contribution in [0.2, 0.25) is 10.0 Å². The second-order valence-corrected chi connectivity index (χ2v) is 8.59. The maximum atomic E-state index is 12.3. The number of aromatic nitrogens is 1. The molecule has 2 rings (SSSR count). The van der Waals surface area contributed by atoms with Crippen molar-refractivity contribution in [3.8, 4) is 0 Å². The van der Waals surface area contributed by atoms with Crippen LogP contribution in [0.5, 0.6) is 0 Å². The molecule has 0 fully saturated rings. The first-order valence-electron chi connectivity index (χ1n) is 8.20. The maximum Gasteiger partial charge on any atom is 0.240 e. The molecule has 1 aromatic heterocycles. The molecule has 27 heavy (non-hydrogen) atoms. The summed E-state index contributed by atoms with van der Waals surface area (Å²) in [6.45, 7) is 1.19. The molecule has 0 atom stereocenters. The van der Waals surface area contributed by atoms with E-state index in [0.717, 1.165) is 5.69 Å². The monoisotopic (exact) mass is 431 g/mol. The van der Waals surface area contributed by atoms with Gasteiger partial charge in [0.2, 0.25) is 10.0 Å². The molecule has 0 saturated heterocycles. The number of nitrogens with one attached hydrogen (secondary N) is 2. The fraction of sp³-hybridized carbons (Fsp3) is 0.353. The Kier molecular flexibility index (Phi) is 7.55. The average Bonchev–Trinajstić information content (AvgIpc) is 2.92. The number of nitrogens with zero attached hydrogens (tertiary/aromatic N) is 3. The summed E-state index contributed by atoms with van der Waals surface area (Å²) < 4.78 is 29.0. The SMILES string of the molecule is CN=C(NCCNS(=O)(=O)c1cccc(Cl)c1)N(C)Cc1cc(Cl)cn1C. The highest BCUT2D eigenvalue weighted by atomic mass is 35.5. The molecule has 0 aliphatic heterocycles. The van der Waals surface area contributed by atoms with Crippen molar-refractivity contribution in [2.75, 3.05) is 27.2 Å². The van der Waals surface area contributed by atoms with E-state index in [4.69, 9.17) is 23.2 Å². The largest absolute Gasteiger partial charge is 0.355 e. The van der Waals surface area contributed by atoms with Gasteiger partial charge in [-0.25, -0.2) is 13.1 Å². The quantitative estimate of drug-likeness (QED) is 0.400. The van der Waals surface area contributed by atoms with Crippen LogP contribution in [0, 0.1) is 0 Å². The third-order valence-corrected chi connectivity index (χ3v) is 5.75. The lowest BCUT2D eigenvalue weighted by Crippen LogP contribution is -2.42. The van der Waals surface area contributed by atoms with Crippen molar-refractivity contribution in [3.05, 3.63) is 52.3 Å². The van der Waals surface area contributed by atoms with Crippen LogP contribution in [-0.2, 0) is 23.6 Å². The Labute approximate surface area is 170 Å². The Hall–Kier alpha value is -1.74. The molecule has 0 aliphatic carbocycles. The summed E-state index contributed by atoms with van der Waals surface area (Å²) in [7, 11) is 1.89. The maximum absolute atomic E-state index is 12.3. The molecule has 10 heteroatoms. The van der Waals surface area contributed by atoms with Crippen LogP contribution in [-0.4, -0.2) is 51.0 Å². The lowest BCUT2D eigenvalue weighted by molar-refractivity contribution is 0.462. The first-order valence-corrected chi connectivity index (χ1v) is 10.4. The number of sulfonamides is 1. The fourth-order valence-corrected chi connectivity index (χ4v) is 4.11. The van der Waals surface area contributed by atoms with E-state index in [1.54, 1.807) is 19.2 Å². The van der Waals surface area contributed by atoms with Crippen molar-refractivity contribution in [1.82, 2.24) is 19.5 Å². The summed E-state index contributed by atoms with van der Waals surface area (Å²) in [5.74, 6) is 0.647. The zero-order valence-corrected chi connectivity index (χ0v) is 17.7. The molecule has 148 valence electrons. The highest BCUT2D eigenvalue weighted by Gasteiger charge is 2.14. The van der Waals surface area contributed by atoms with Crippen LogP contribution >= 0.6 is 23.2 Å². The molecule has 0 bridgehead atoms. The molecule has 2 aromatic rings. The Balaban J connectivity index is 1.86. The molecule has 1 heterocycles. The van der Waals surface area contributed by atoms with Crippen LogP contribution in [0.25, 0.3) is 0 Å². The molecule has 0 radical (unpaired) electrons. The van der Waals surface area contributed by atoms with E-state index in [1.165, 1.54) is 12.1 Å². The van der Waals surface area contributed by atoms with Gasteiger partial charge in [-0.2, -0.15) is 0 Å². The Morgan fingerprint density at radius 1 is 1.22 bits per heavy atom. The van der Waals surface area contributed by atoms with E-state index >= 15 is 0 Å². The standard InChI is InChI=1S/C17H23Cl2N5O2S/c1-20-17(24(3)12-15-9-14(19)11-23(15)2)21-7-8-22-27(25,26)16-6-4-5-13(18)10-16/h4-6,9-11,22H,7-8,12H2,1-3H3,(H,20,21). The molecule has 0 saturated carbocycles. The topological polar surface area (TPSA) is 78.7 Å². The van der Waals surface area contributed by atoms with Crippen molar-refractivity contribution in [1.29, 1.82) is 0 Å². The Bertz CT molecular complexity index is 912. The number of halogens is 2. The molecular weight excluding hydrogens is 409 g/mol. The molecule has 7 nitrogen and oxygen atoms in total. The second-order valence-electron chi connectivity index (χ2n) is 5.95. The molecule has 0 unspecified atom stereocenters. The Morgan fingerprint density at radius 2 is 1.96 bits per heavy atom. The van der Waals surface area contributed by atoms with E-state index in [1.807, 2.05) is 35.8 Å². The zero-order chi connectivity index (χ0) is 20.0. The van der Waals surface area contributed by atoms with E-state index < -0.39 is 10.0 Å². The normalized spacial score (nSPS) is 12.3. The van der Waals surface area contributed by atoms with Gasteiger partial charge < -0.3 is 14.8 Å². The molecule has 0 spiro atoms. The van der Waals surface area contributed by atoms with Crippen LogP contribution in [0.3, 0.4) is 0 Å². The lowest BCUT2D eigenvalue weighted by Gasteiger charge is -2.22. The van der Waals surface area contributed by atoms with E-state index in [-0.39, 0.29) is 11.4 Å². The summed E-state index contributed by atoms with van der Waals surface area (Å²) in [5.41, 5.74) is 1.03. The molecule has 1 aromatic carbocycles. The smallest absolute Gasteiger partial charge is 0.240 e. The number of aliphatic imine (C=N–C) groups is 1. The predicted octanol–water partition coefficient (Wildman–Crippen LogP) is 2.32. The fourth-order valence-electron chi connectivity index (χ4n) is 2.50. The van der Waals surface area contributed by atoms with Gasteiger partial charge in [0.05, 0.1) is 16.5 Å². The number of rotatable bonds is 7. The van der Waals surface area contributed by atoms with E-state index in [9.17, 15) is 8.42 Å². The molecule has 0 amide bonds. The highest BCUT2D eigenvalue weighted by Crippen LogP contribution is 2.15. The minimum atomic E-state index is -3.61. The number of hydrogen-bond donors (Lipinski definition) is 2. The number of aryl methyl sites for hydroxylation is 1. The minimum absolute atomic E-state index is 0.136. The summed E-state index contributed by atoms with van der Waals surface area (Å²) >= 11 is 11.9. The number of guanidine groups is 1. The van der Waals surface area contributed by atoms with Crippen LogP contribution in [0.15, 0.2) is 46.4 Å². The van der Waals surface area contributed by atoms with Gasteiger partial charge in [-0.1, -0.05) is 29.3 Å². The second kappa shape index (κ2) is 9.45. The van der Waals surface area contributed by atoms with E-state index in [0.29, 0.717) is 29.1 Å².